The molecule has 0 radical (unpaired) electrons. The van der Waals surface area contributed by atoms with E-state index in [2.05, 4.69) is 63.1 Å². The van der Waals surface area contributed by atoms with Gasteiger partial charge in [0.05, 0.1) is 31.9 Å². The largest absolute Gasteiger partial charge is 0.480 e. The maximum absolute atomic E-state index is 14.2. The smallest absolute Gasteiger partial charge is 0.325 e. The van der Waals surface area contributed by atoms with Gasteiger partial charge in [-0.15, -0.1) is 0 Å². The lowest BCUT2D eigenvalue weighted by atomic mass is 10.0. The lowest BCUT2D eigenvalue weighted by molar-refractivity contribution is -0.141. The number of carbonyl (C=O) groups excluding carboxylic acids is 11. The minimum Gasteiger partial charge on any atom is -0.480 e. The van der Waals surface area contributed by atoms with Gasteiger partial charge in [-0.3, -0.25) is 57.5 Å². The average molecular weight is 1090 g/mol. The summed E-state index contributed by atoms with van der Waals surface area (Å²) < 4.78 is 0. The van der Waals surface area contributed by atoms with Gasteiger partial charge >= 0.3 is 5.97 Å². The zero-order valence-electron chi connectivity index (χ0n) is 42.2. The number of amides is 11. The molecule has 19 N–H and O–H groups in total. The van der Waals surface area contributed by atoms with Gasteiger partial charge < -0.3 is 85.6 Å². The number of primary amides is 1. The fourth-order valence-electron chi connectivity index (χ4n) is 6.45. The summed E-state index contributed by atoms with van der Waals surface area (Å²) in [6.07, 6.45) is 4.55. The third-order valence-corrected chi connectivity index (χ3v) is 11.9. The van der Waals surface area contributed by atoms with Crippen molar-refractivity contribution in [2.24, 2.45) is 17.2 Å². The highest BCUT2D eigenvalue weighted by Gasteiger charge is 2.35. The number of nitrogens with one attached hydrogen (secondary N) is 11. The van der Waals surface area contributed by atoms with Crippen molar-refractivity contribution in [3.63, 3.8) is 0 Å². The van der Waals surface area contributed by atoms with E-state index in [-0.39, 0.29) is 32.2 Å². The number of aromatic nitrogens is 2. The molecule has 0 aromatic carbocycles. The van der Waals surface area contributed by atoms with E-state index in [4.69, 9.17) is 22.3 Å². The molecule has 29 nitrogen and oxygen atoms in total. The number of nitrogens with zero attached hydrogens (tertiary/aromatic N) is 1. The van der Waals surface area contributed by atoms with Gasteiger partial charge in [0.15, 0.2) is 0 Å². The van der Waals surface area contributed by atoms with Gasteiger partial charge in [0, 0.05) is 18.3 Å². The normalized spacial score (nSPS) is 15.0. The standard InChI is InChI=1S/C43H73N15O14S2/c1-21(35(63)48-19-33(62)50-22(2)36(64)52-23(3)43(71)72)51-37(65)27(10-13-73-5)54-40(68)29(15-25-18-47-20-49-25)56-38(66)26(9-7-8-12-44)53-39(67)28(11-14-74-6)55-41(69)30(16-31(46)60)57-42(70)34(24(4)59)58-32(61)17-45/h18,20-24,26-30,34,59H,7-17,19,44-45H2,1-6H3,(H2,46,60)(H,47,49)(H,48,63)(H,50,62)(H,51,65)(H,52,64)(H,53,67)(H,54,68)(H,55,69)(H,56,66)(H,57,70)(H,58,61)(H,71,72)/t21-,22-,23-,24+,26-,27-,28-,29-,30-,34-/m0/s1. The first-order chi connectivity index (χ1) is 34.9. The average Bonchev–Trinajstić information content (AvgIpc) is 3.86. The van der Waals surface area contributed by atoms with Gasteiger partial charge in [-0.1, -0.05) is 0 Å². The Bertz CT molecular complexity index is 2070. The Morgan fingerprint density at radius 3 is 1.57 bits per heavy atom. The molecule has 11 amide bonds. The number of imidazole rings is 1. The number of carbonyl (C=O) groups is 12. The Labute approximate surface area is 436 Å². The van der Waals surface area contributed by atoms with Crippen LogP contribution in [0.1, 0.15) is 71.9 Å². The Kier molecular flexibility index (Phi) is 30.8. The number of thioether (sulfide) groups is 2. The molecule has 0 spiro atoms. The fourth-order valence-corrected chi connectivity index (χ4v) is 7.40. The number of rotatable bonds is 36. The van der Waals surface area contributed by atoms with E-state index in [9.17, 15) is 62.6 Å². The van der Waals surface area contributed by atoms with Gasteiger partial charge in [-0.25, -0.2) is 4.98 Å². The van der Waals surface area contributed by atoms with E-state index in [1.807, 2.05) is 0 Å². The molecule has 31 heteroatoms. The molecule has 0 bridgehead atoms. The van der Waals surface area contributed by atoms with Crippen LogP contribution >= 0.6 is 23.5 Å². The number of hydrogen-bond acceptors (Lipinski definition) is 18. The number of nitrogens with two attached hydrogens (primary N) is 3. The number of aromatic amines is 1. The minimum atomic E-state index is -1.69. The summed E-state index contributed by atoms with van der Waals surface area (Å²) in [5, 5.41) is 43.4. The van der Waals surface area contributed by atoms with E-state index < -0.39 is 151 Å². The lowest BCUT2D eigenvalue weighted by Gasteiger charge is -2.28. The molecule has 0 aliphatic carbocycles. The van der Waals surface area contributed by atoms with Crippen LogP contribution in [0.25, 0.3) is 0 Å². The third kappa shape index (κ3) is 24.9. The second-order valence-corrected chi connectivity index (χ2v) is 18.9. The molecule has 0 saturated heterocycles. The van der Waals surface area contributed by atoms with E-state index in [0.29, 0.717) is 30.0 Å². The fraction of sp³-hybridized carbons (Fsp3) is 0.651. The van der Waals surface area contributed by atoms with E-state index in [0.717, 1.165) is 0 Å². The number of carboxylic acid groups (broad SMARTS) is 1. The molecule has 0 unspecified atom stereocenters. The number of carboxylic acids is 1. The highest BCUT2D eigenvalue weighted by molar-refractivity contribution is 7.98. The molecular weight excluding hydrogens is 1010 g/mol. The molecule has 0 fully saturated rings. The van der Waals surface area contributed by atoms with Crippen LogP contribution in [0.4, 0.5) is 0 Å². The van der Waals surface area contributed by atoms with Gasteiger partial charge in [0.2, 0.25) is 65.0 Å². The first-order valence-electron chi connectivity index (χ1n) is 23.4. The van der Waals surface area contributed by atoms with Crippen molar-refractivity contribution in [2.75, 3.05) is 43.7 Å². The van der Waals surface area contributed by atoms with Crippen molar-refractivity contribution < 1.29 is 67.7 Å². The summed E-state index contributed by atoms with van der Waals surface area (Å²) >= 11 is 2.66. The number of H-pyrrole nitrogens is 1. The van der Waals surface area contributed by atoms with Crippen molar-refractivity contribution >= 4 is 94.5 Å². The zero-order valence-corrected chi connectivity index (χ0v) is 43.8. The molecule has 0 aliphatic heterocycles. The highest BCUT2D eigenvalue weighted by Crippen LogP contribution is 2.10. The molecule has 1 rings (SSSR count). The van der Waals surface area contributed by atoms with Crippen LogP contribution in [-0.2, 0) is 64.0 Å². The van der Waals surface area contributed by atoms with Crippen LogP contribution in [0, 0.1) is 0 Å². The molecule has 10 atom stereocenters. The van der Waals surface area contributed by atoms with Crippen LogP contribution in [0.15, 0.2) is 12.5 Å². The number of unbranched alkanes of at least 4 members (excludes halogenated alkanes) is 1. The third-order valence-electron chi connectivity index (χ3n) is 10.7. The molecular formula is C43H73N15O14S2. The first-order valence-corrected chi connectivity index (χ1v) is 26.2. The van der Waals surface area contributed by atoms with E-state index >= 15 is 0 Å². The molecule has 0 aliphatic rings. The summed E-state index contributed by atoms with van der Waals surface area (Å²) in [6, 6.07) is -12.3. The molecule has 1 aromatic rings. The number of aliphatic hydroxyl groups is 1. The van der Waals surface area contributed by atoms with Crippen molar-refractivity contribution in [3.8, 4) is 0 Å². The maximum Gasteiger partial charge on any atom is 0.325 e. The maximum atomic E-state index is 14.2. The second kappa shape index (κ2) is 34.8. The van der Waals surface area contributed by atoms with Gasteiger partial charge in [0.1, 0.15) is 54.4 Å². The monoisotopic (exact) mass is 1090 g/mol. The summed E-state index contributed by atoms with van der Waals surface area (Å²) in [7, 11) is 0. The minimum absolute atomic E-state index is 0.00717. The topological polar surface area (TPSA) is 472 Å². The summed E-state index contributed by atoms with van der Waals surface area (Å²) in [5.74, 6) is -10.3. The Morgan fingerprint density at radius 1 is 0.595 bits per heavy atom. The van der Waals surface area contributed by atoms with Gasteiger partial charge in [-0.05, 0) is 90.4 Å². The molecule has 1 heterocycles. The Morgan fingerprint density at radius 2 is 1.08 bits per heavy atom. The molecule has 74 heavy (non-hydrogen) atoms. The van der Waals surface area contributed by atoms with E-state index in [1.54, 1.807) is 12.5 Å². The second-order valence-electron chi connectivity index (χ2n) is 16.9. The van der Waals surface area contributed by atoms with Crippen LogP contribution < -0.4 is 70.4 Å². The zero-order chi connectivity index (χ0) is 56.1. The van der Waals surface area contributed by atoms with Gasteiger partial charge in [0.25, 0.3) is 0 Å². The predicted molar refractivity (Wildman–Crippen MR) is 271 cm³/mol. The summed E-state index contributed by atoms with van der Waals surface area (Å²) in [5.41, 5.74) is 16.8. The summed E-state index contributed by atoms with van der Waals surface area (Å²) in [6.45, 7) is 4.13. The SMILES string of the molecule is CSCC[C@H](NC(=O)[C@H](Cc1cnc[nH]1)NC(=O)[C@H](CCCCN)NC(=O)[C@H](CCSC)NC(=O)[C@H](CC(N)=O)NC(=O)[C@@H](NC(=O)CN)[C@@H](C)O)C(=O)N[C@@H](C)C(=O)NCC(=O)N[C@@H](C)C(=O)N[C@@H](C)C(=O)O. The van der Waals surface area contributed by atoms with Crippen molar-refractivity contribution in [1.29, 1.82) is 0 Å². The molecule has 416 valence electrons. The molecule has 0 saturated carbocycles. The quantitative estimate of drug-likeness (QED) is 0.0278. The number of aliphatic carboxylic acids is 1. The lowest BCUT2D eigenvalue weighted by Crippen LogP contribution is -2.61. The van der Waals surface area contributed by atoms with Gasteiger partial charge in [-0.2, -0.15) is 23.5 Å². The van der Waals surface area contributed by atoms with Crippen molar-refractivity contribution in [3.05, 3.63) is 18.2 Å². The van der Waals surface area contributed by atoms with Crippen LogP contribution in [-0.4, -0.2) is 195 Å². The van der Waals surface area contributed by atoms with Crippen molar-refractivity contribution in [2.45, 2.75) is 133 Å². The number of aliphatic hydroxyl groups excluding tert-OH is 1. The molecule has 1 aromatic heterocycles. The van der Waals surface area contributed by atoms with Crippen LogP contribution in [0.5, 0.6) is 0 Å². The van der Waals surface area contributed by atoms with Crippen LogP contribution in [0.3, 0.4) is 0 Å². The van der Waals surface area contributed by atoms with Crippen molar-refractivity contribution in [1.82, 2.24) is 63.1 Å². The first kappa shape index (κ1) is 65.4. The van der Waals surface area contributed by atoms with Crippen LogP contribution in [0.2, 0.25) is 0 Å². The predicted octanol–water partition coefficient (Wildman–Crippen LogP) is -6.57. The summed E-state index contributed by atoms with van der Waals surface area (Å²) in [4.78, 5) is 162. The highest BCUT2D eigenvalue weighted by atomic mass is 32.2. The Balaban J connectivity index is 3.34. The van der Waals surface area contributed by atoms with E-state index in [1.165, 1.54) is 63.7 Å². The number of hydrogen-bond donors (Lipinski definition) is 16. The Hall–Kier alpha value is -6.57.